The molecule has 1 atom stereocenters. The second-order valence-corrected chi connectivity index (χ2v) is 3.63. The Morgan fingerprint density at radius 2 is 2.07 bits per heavy atom. The fourth-order valence-corrected chi connectivity index (χ4v) is 1.30. The van der Waals surface area contributed by atoms with E-state index in [1.165, 1.54) is 0 Å². The van der Waals surface area contributed by atoms with Crippen molar-refractivity contribution in [1.82, 2.24) is 0 Å². The van der Waals surface area contributed by atoms with Crippen LogP contribution in [0, 0.1) is 17.2 Å². The molecule has 1 unspecified atom stereocenters. The summed E-state index contributed by atoms with van der Waals surface area (Å²) in [5.41, 5.74) is 1.72. The monoisotopic (exact) mass is 204 g/mol. The second kappa shape index (κ2) is 6.05. The van der Waals surface area contributed by atoms with Gasteiger partial charge in [0.1, 0.15) is 0 Å². The average molecular weight is 204 g/mol. The first-order chi connectivity index (χ1) is 7.26. The molecule has 0 radical (unpaired) electrons. The highest BCUT2D eigenvalue weighted by molar-refractivity contribution is 5.47. The Bertz CT molecular complexity index is 326. The van der Waals surface area contributed by atoms with Crippen molar-refractivity contribution < 1.29 is 4.74 Å². The van der Waals surface area contributed by atoms with Gasteiger partial charge < -0.3 is 10.1 Å². The number of nitriles is 1. The van der Waals surface area contributed by atoms with E-state index in [-0.39, 0.29) is 0 Å². The van der Waals surface area contributed by atoms with Crippen molar-refractivity contribution in [3.05, 3.63) is 29.8 Å². The number of ether oxygens (including phenoxy) is 1. The van der Waals surface area contributed by atoms with Gasteiger partial charge in [-0.1, -0.05) is 6.92 Å². The number of benzene rings is 1. The summed E-state index contributed by atoms with van der Waals surface area (Å²) in [6.45, 7) is 3.75. The van der Waals surface area contributed by atoms with E-state index in [1.807, 2.05) is 24.3 Å². The third-order valence-corrected chi connectivity index (χ3v) is 2.12. The molecule has 0 aliphatic carbocycles. The Morgan fingerprint density at radius 3 is 2.60 bits per heavy atom. The lowest BCUT2D eigenvalue weighted by atomic mass is 10.2. The van der Waals surface area contributed by atoms with Crippen LogP contribution in [0.3, 0.4) is 0 Å². The summed E-state index contributed by atoms with van der Waals surface area (Å²) in [6.07, 6.45) is 0. The Labute approximate surface area is 90.7 Å². The molecule has 1 N–H and O–H groups in total. The van der Waals surface area contributed by atoms with E-state index in [0.29, 0.717) is 11.5 Å². The van der Waals surface area contributed by atoms with Gasteiger partial charge in [0.05, 0.1) is 18.2 Å². The molecule has 1 rings (SSSR count). The van der Waals surface area contributed by atoms with Gasteiger partial charge in [-0.15, -0.1) is 0 Å². The molecule has 0 bridgehead atoms. The second-order valence-electron chi connectivity index (χ2n) is 3.63. The lowest BCUT2D eigenvalue weighted by molar-refractivity contribution is 0.164. The van der Waals surface area contributed by atoms with Crippen LogP contribution in [0.5, 0.6) is 0 Å². The summed E-state index contributed by atoms with van der Waals surface area (Å²) in [4.78, 5) is 0. The molecule has 0 aromatic heterocycles. The molecule has 0 aliphatic rings. The van der Waals surface area contributed by atoms with Crippen LogP contribution in [0.1, 0.15) is 12.5 Å². The maximum Gasteiger partial charge on any atom is 0.0991 e. The summed E-state index contributed by atoms with van der Waals surface area (Å²) in [6, 6.07) is 9.54. The summed E-state index contributed by atoms with van der Waals surface area (Å²) < 4.78 is 5.05. The van der Waals surface area contributed by atoms with Crippen LogP contribution >= 0.6 is 0 Å². The number of anilines is 1. The van der Waals surface area contributed by atoms with Crippen LogP contribution in [-0.2, 0) is 4.74 Å². The normalized spacial score (nSPS) is 11.8. The maximum absolute atomic E-state index is 8.63. The van der Waals surface area contributed by atoms with Crippen molar-refractivity contribution in [3.8, 4) is 6.07 Å². The highest BCUT2D eigenvalue weighted by Gasteiger charge is 2.00. The SMILES string of the molecule is COCC(C)CNc1ccc(C#N)cc1. The van der Waals surface area contributed by atoms with Crippen molar-refractivity contribution >= 4 is 5.69 Å². The quantitative estimate of drug-likeness (QED) is 0.800. The van der Waals surface area contributed by atoms with Crippen LogP contribution < -0.4 is 5.32 Å². The zero-order chi connectivity index (χ0) is 11.1. The highest BCUT2D eigenvalue weighted by atomic mass is 16.5. The number of nitrogens with zero attached hydrogens (tertiary/aromatic N) is 1. The number of hydrogen-bond acceptors (Lipinski definition) is 3. The molecule has 0 amide bonds. The van der Waals surface area contributed by atoms with Gasteiger partial charge in [-0.2, -0.15) is 5.26 Å². The van der Waals surface area contributed by atoms with Crippen LogP contribution in [0.15, 0.2) is 24.3 Å². The number of methoxy groups -OCH3 is 1. The van der Waals surface area contributed by atoms with Gasteiger partial charge in [0.2, 0.25) is 0 Å². The van der Waals surface area contributed by atoms with Crippen LogP contribution in [0.2, 0.25) is 0 Å². The van der Waals surface area contributed by atoms with Gasteiger partial charge in [-0.25, -0.2) is 0 Å². The molecule has 3 heteroatoms. The first-order valence-corrected chi connectivity index (χ1v) is 4.99. The van der Waals surface area contributed by atoms with Gasteiger partial charge in [-0.05, 0) is 30.2 Å². The predicted octanol–water partition coefficient (Wildman–Crippen LogP) is 2.25. The minimum absolute atomic E-state index is 0.477. The van der Waals surface area contributed by atoms with Crippen molar-refractivity contribution in [1.29, 1.82) is 5.26 Å². The van der Waals surface area contributed by atoms with E-state index in [0.717, 1.165) is 18.8 Å². The van der Waals surface area contributed by atoms with E-state index < -0.39 is 0 Å². The average Bonchev–Trinajstić information content (AvgIpc) is 2.27. The van der Waals surface area contributed by atoms with E-state index in [2.05, 4.69) is 18.3 Å². The third kappa shape index (κ3) is 4.01. The Hall–Kier alpha value is -1.53. The van der Waals surface area contributed by atoms with Crippen LogP contribution in [0.4, 0.5) is 5.69 Å². The van der Waals surface area contributed by atoms with Crippen molar-refractivity contribution in [2.24, 2.45) is 5.92 Å². The topological polar surface area (TPSA) is 45.0 Å². The van der Waals surface area contributed by atoms with Crippen LogP contribution in [-0.4, -0.2) is 20.3 Å². The van der Waals surface area contributed by atoms with Gasteiger partial charge >= 0.3 is 0 Å². The Morgan fingerprint density at radius 1 is 1.40 bits per heavy atom. The van der Waals surface area contributed by atoms with E-state index in [9.17, 15) is 0 Å². The van der Waals surface area contributed by atoms with E-state index >= 15 is 0 Å². The van der Waals surface area contributed by atoms with Crippen molar-refractivity contribution in [2.45, 2.75) is 6.92 Å². The molecular weight excluding hydrogens is 188 g/mol. The van der Waals surface area contributed by atoms with E-state index in [4.69, 9.17) is 10.00 Å². The standard InChI is InChI=1S/C12H16N2O/c1-10(9-15-2)8-14-12-5-3-11(7-13)4-6-12/h3-6,10,14H,8-9H2,1-2H3. The first kappa shape index (κ1) is 11.5. The van der Waals surface area contributed by atoms with Crippen molar-refractivity contribution in [2.75, 3.05) is 25.6 Å². The van der Waals surface area contributed by atoms with Gasteiger partial charge in [0.25, 0.3) is 0 Å². The fraction of sp³-hybridized carbons (Fsp3) is 0.417. The summed E-state index contributed by atoms with van der Waals surface area (Å²) in [5, 5.41) is 11.9. The van der Waals surface area contributed by atoms with Crippen LogP contribution in [0.25, 0.3) is 0 Å². The Kier molecular flexibility index (Phi) is 4.65. The molecule has 0 aliphatic heterocycles. The maximum atomic E-state index is 8.63. The minimum atomic E-state index is 0.477. The lowest BCUT2D eigenvalue weighted by Crippen LogP contribution is -2.15. The Balaban J connectivity index is 2.41. The van der Waals surface area contributed by atoms with Gasteiger partial charge in [-0.3, -0.25) is 0 Å². The van der Waals surface area contributed by atoms with Gasteiger partial charge in [0, 0.05) is 19.3 Å². The molecule has 80 valence electrons. The molecule has 1 aromatic rings. The minimum Gasteiger partial charge on any atom is -0.385 e. The number of hydrogen-bond donors (Lipinski definition) is 1. The third-order valence-electron chi connectivity index (χ3n) is 2.12. The van der Waals surface area contributed by atoms with E-state index in [1.54, 1.807) is 7.11 Å². The largest absolute Gasteiger partial charge is 0.385 e. The first-order valence-electron chi connectivity index (χ1n) is 4.99. The molecule has 0 saturated heterocycles. The zero-order valence-corrected chi connectivity index (χ0v) is 9.16. The summed E-state index contributed by atoms with van der Waals surface area (Å²) in [7, 11) is 1.71. The number of rotatable bonds is 5. The lowest BCUT2D eigenvalue weighted by Gasteiger charge is -2.12. The molecule has 15 heavy (non-hydrogen) atoms. The van der Waals surface area contributed by atoms with Crippen molar-refractivity contribution in [3.63, 3.8) is 0 Å². The molecule has 0 fully saturated rings. The summed E-state index contributed by atoms with van der Waals surface area (Å²) in [5.74, 6) is 0.477. The molecule has 0 spiro atoms. The molecule has 0 heterocycles. The fourth-order valence-electron chi connectivity index (χ4n) is 1.30. The molecule has 0 saturated carbocycles. The smallest absolute Gasteiger partial charge is 0.0991 e. The molecule has 1 aromatic carbocycles. The molecule has 3 nitrogen and oxygen atoms in total. The zero-order valence-electron chi connectivity index (χ0n) is 9.16. The number of nitrogens with one attached hydrogen (secondary N) is 1. The highest BCUT2D eigenvalue weighted by Crippen LogP contribution is 2.09. The summed E-state index contributed by atoms with van der Waals surface area (Å²) >= 11 is 0. The predicted molar refractivity (Wildman–Crippen MR) is 60.7 cm³/mol. The van der Waals surface area contributed by atoms with Gasteiger partial charge in [0.15, 0.2) is 0 Å². The molecular formula is C12H16N2O.